The zero-order valence-electron chi connectivity index (χ0n) is 18.7. The van der Waals surface area contributed by atoms with E-state index < -0.39 is 11.7 Å². The smallest absolute Gasteiger partial charge is 0.353 e. The predicted molar refractivity (Wildman–Crippen MR) is 116 cm³/mol. The summed E-state index contributed by atoms with van der Waals surface area (Å²) >= 11 is 0. The molecule has 2 N–H and O–H groups in total. The lowest BCUT2D eigenvalue weighted by Gasteiger charge is -2.41. The normalized spacial score (nSPS) is 22.4. The topological polar surface area (TPSA) is 61.0 Å². The van der Waals surface area contributed by atoms with Gasteiger partial charge in [0, 0.05) is 18.1 Å². The molecule has 3 atom stereocenters. The average Bonchev–Trinajstić information content (AvgIpc) is 3.10. The van der Waals surface area contributed by atoms with Crippen molar-refractivity contribution in [3.05, 3.63) is 29.6 Å². The van der Waals surface area contributed by atoms with Gasteiger partial charge in [0.05, 0.1) is 23.0 Å². The number of carbonyl (C=O) groups is 1. The molecule has 31 heavy (non-hydrogen) atoms. The van der Waals surface area contributed by atoms with Gasteiger partial charge < -0.3 is 15.2 Å². The molecule has 172 valence electrons. The minimum Gasteiger partial charge on any atom is -0.353 e. The lowest BCUT2D eigenvalue weighted by atomic mass is 9.78. The Morgan fingerprint density at radius 1 is 1.32 bits per heavy atom. The molecule has 2 aromatic rings. The number of para-hydroxylation sites is 1. The van der Waals surface area contributed by atoms with Crippen LogP contribution in [0.3, 0.4) is 0 Å². The number of nitrogens with zero attached hydrogens (tertiary/aromatic N) is 2. The molecule has 0 unspecified atom stereocenters. The van der Waals surface area contributed by atoms with Gasteiger partial charge >= 0.3 is 6.18 Å². The van der Waals surface area contributed by atoms with Crippen LogP contribution in [-0.4, -0.2) is 45.9 Å². The fraction of sp³-hybridized carbons (Fsp3) is 0.652. The number of hydrogen-bond acceptors (Lipinski definition) is 3. The number of H-pyrrole nitrogens is 1. The molecule has 0 bridgehead atoms. The number of fused-ring (bicyclic) bond motifs is 1. The van der Waals surface area contributed by atoms with Crippen LogP contribution in [0.15, 0.2) is 18.2 Å². The largest absolute Gasteiger partial charge is 0.418 e. The van der Waals surface area contributed by atoms with Crippen molar-refractivity contribution in [2.45, 2.75) is 83.6 Å². The number of benzene rings is 1. The highest BCUT2D eigenvalue weighted by molar-refractivity contribution is 5.82. The number of halogens is 3. The Hall–Kier alpha value is -2.09. The van der Waals surface area contributed by atoms with Crippen molar-refractivity contribution in [2.24, 2.45) is 5.92 Å². The van der Waals surface area contributed by atoms with E-state index in [1.165, 1.54) is 12.1 Å². The van der Waals surface area contributed by atoms with Crippen LogP contribution in [-0.2, 0) is 17.4 Å². The fourth-order valence-electron chi connectivity index (χ4n) is 4.72. The summed E-state index contributed by atoms with van der Waals surface area (Å²) in [5, 5.41) is 3.14. The summed E-state index contributed by atoms with van der Waals surface area (Å²) in [5.41, 5.74) is -0.614. The maximum Gasteiger partial charge on any atom is 0.418 e. The lowest BCUT2D eigenvalue weighted by molar-refractivity contribution is -0.136. The van der Waals surface area contributed by atoms with E-state index in [4.69, 9.17) is 0 Å². The number of aromatic amines is 1. The third-order valence-electron chi connectivity index (χ3n) is 6.55. The van der Waals surface area contributed by atoms with Gasteiger partial charge in [-0.3, -0.25) is 4.79 Å². The minimum atomic E-state index is -4.47. The molecule has 1 amide bonds. The zero-order chi connectivity index (χ0) is 22.8. The summed E-state index contributed by atoms with van der Waals surface area (Å²) in [5.74, 6) is 0.459. The highest BCUT2D eigenvalue weighted by atomic mass is 19.4. The predicted octanol–water partition coefficient (Wildman–Crippen LogP) is 4.92. The molecule has 8 heteroatoms. The number of nitrogens with one attached hydrogen (secondary N) is 2. The van der Waals surface area contributed by atoms with Crippen LogP contribution in [0.1, 0.15) is 64.3 Å². The van der Waals surface area contributed by atoms with Gasteiger partial charge in [0.15, 0.2) is 0 Å². The number of hydrogen-bond donors (Lipinski definition) is 2. The number of imidazole rings is 1. The fourth-order valence-corrected chi connectivity index (χ4v) is 4.72. The number of amides is 1. The molecule has 1 aromatic heterocycles. The van der Waals surface area contributed by atoms with E-state index in [2.05, 4.69) is 48.0 Å². The third kappa shape index (κ3) is 5.59. The third-order valence-corrected chi connectivity index (χ3v) is 6.55. The van der Waals surface area contributed by atoms with Crippen molar-refractivity contribution in [2.75, 3.05) is 7.05 Å². The molecule has 5 nitrogen and oxygen atoms in total. The van der Waals surface area contributed by atoms with Crippen LogP contribution in [0.4, 0.5) is 13.2 Å². The van der Waals surface area contributed by atoms with Crippen molar-refractivity contribution >= 4 is 16.9 Å². The van der Waals surface area contributed by atoms with Gasteiger partial charge in [-0.1, -0.05) is 19.4 Å². The van der Waals surface area contributed by atoms with Crippen LogP contribution in [0.2, 0.25) is 0 Å². The van der Waals surface area contributed by atoms with E-state index >= 15 is 0 Å². The first-order valence-corrected chi connectivity index (χ1v) is 11.2. The van der Waals surface area contributed by atoms with Gasteiger partial charge in [0.2, 0.25) is 5.91 Å². The van der Waals surface area contributed by atoms with Gasteiger partial charge in [-0.25, -0.2) is 4.98 Å². The quantitative estimate of drug-likeness (QED) is 0.645. The molecule has 1 aliphatic rings. The van der Waals surface area contributed by atoms with E-state index in [0.29, 0.717) is 18.0 Å². The summed E-state index contributed by atoms with van der Waals surface area (Å²) in [6.45, 7) is 6.54. The summed E-state index contributed by atoms with van der Waals surface area (Å²) in [4.78, 5) is 22.0. The molecule has 0 saturated heterocycles. The van der Waals surface area contributed by atoms with Crippen LogP contribution in [0.25, 0.3) is 11.0 Å². The first kappa shape index (κ1) is 23.6. The Balaban J connectivity index is 1.67. The highest BCUT2D eigenvalue weighted by Crippen LogP contribution is 2.34. The first-order valence-electron chi connectivity index (χ1n) is 11.2. The number of rotatable bonds is 7. The molecule has 1 aromatic carbocycles. The minimum absolute atomic E-state index is 0.0589. The van der Waals surface area contributed by atoms with Crippen LogP contribution in [0, 0.1) is 5.92 Å². The number of carbonyl (C=O) groups excluding carboxylic acids is 1. The van der Waals surface area contributed by atoms with Crippen LogP contribution >= 0.6 is 0 Å². The maximum absolute atomic E-state index is 13.2. The number of aromatic nitrogens is 2. The monoisotopic (exact) mass is 438 g/mol. The molecule has 1 heterocycles. The van der Waals surface area contributed by atoms with E-state index in [0.717, 1.165) is 38.2 Å². The number of alkyl halides is 3. The summed E-state index contributed by atoms with van der Waals surface area (Å²) < 4.78 is 39.7. The summed E-state index contributed by atoms with van der Waals surface area (Å²) in [7, 11) is 2.16. The molecular weight excluding hydrogens is 405 g/mol. The zero-order valence-corrected chi connectivity index (χ0v) is 18.7. The van der Waals surface area contributed by atoms with Gasteiger partial charge in [0.25, 0.3) is 0 Å². The van der Waals surface area contributed by atoms with E-state index in [1.807, 2.05) is 0 Å². The van der Waals surface area contributed by atoms with Crippen molar-refractivity contribution in [1.82, 2.24) is 20.2 Å². The molecule has 3 rings (SSSR count). The SMILES string of the molecule is CCC[C@H]1C[C@H](N(C)C(C)C)CC[C@@H]1NC(=O)Cc1nc2cccc(C(F)(F)F)c2[nH]1. The Morgan fingerprint density at radius 2 is 2.06 bits per heavy atom. The average molecular weight is 439 g/mol. The van der Waals surface area contributed by atoms with E-state index in [1.54, 1.807) is 0 Å². The second-order valence-corrected chi connectivity index (χ2v) is 9.01. The van der Waals surface area contributed by atoms with Gasteiger partial charge in [0.1, 0.15) is 5.82 Å². The Kier molecular flexibility index (Phi) is 7.29. The van der Waals surface area contributed by atoms with Crippen LogP contribution in [0.5, 0.6) is 0 Å². The Morgan fingerprint density at radius 3 is 2.71 bits per heavy atom. The van der Waals surface area contributed by atoms with Gasteiger partial charge in [-0.2, -0.15) is 13.2 Å². The molecule has 0 aliphatic heterocycles. The molecular formula is C23H33F3N4O. The molecule has 1 fully saturated rings. The Labute approximate surface area is 181 Å². The summed E-state index contributed by atoms with van der Waals surface area (Å²) in [6, 6.07) is 4.96. The first-order chi connectivity index (χ1) is 14.6. The lowest BCUT2D eigenvalue weighted by Crippen LogP contribution is -2.49. The van der Waals surface area contributed by atoms with Crippen molar-refractivity contribution in [3.63, 3.8) is 0 Å². The highest BCUT2D eigenvalue weighted by Gasteiger charge is 2.35. The Bertz CT molecular complexity index is 893. The van der Waals surface area contributed by atoms with Gasteiger partial charge in [-0.15, -0.1) is 0 Å². The van der Waals surface area contributed by atoms with Crippen LogP contribution < -0.4 is 5.32 Å². The second-order valence-electron chi connectivity index (χ2n) is 9.01. The van der Waals surface area contributed by atoms with E-state index in [-0.39, 0.29) is 35.2 Å². The maximum atomic E-state index is 13.2. The second kappa shape index (κ2) is 9.59. The van der Waals surface area contributed by atoms with Gasteiger partial charge in [-0.05, 0) is 64.6 Å². The molecule has 0 spiro atoms. The summed E-state index contributed by atoms with van der Waals surface area (Å²) in [6.07, 6.45) is 0.562. The molecule has 1 aliphatic carbocycles. The van der Waals surface area contributed by atoms with Crippen molar-refractivity contribution in [1.29, 1.82) is 0 Å². The molecule has 1 saturated carbocycles. The van der Waals surface area contributed by atoms with Crippen molar-refractivity contribution in [3.8, 4) is 0 Å². The standard InChI is InChI=1S/C23H33F3N4O/c1-5-7-15-12-16(30(4)14(2)3)10-11-18(15)28-21(31)13-20-27-19-9-6-8-17(22(19)29-20)23(24,25)26/h6,8-9,14-16,18H,5,7,10-13H2,1-4H3,(H,27,29)(H,28,31)/t15-,16+,18-/m0/s1. The molecule has 0 radical (unpaired) electrons. The van der Waals surface area contributed by atoms with E-state index in [9.17, 15) is 18.0 Å². The van der Waals surface area contributed by atoms with Crippen molar-refractivity contribution < 1.29 is 18.0 Å².